The fraction of sp³-hybridized carbons (Fsp3) is 0.263. The Morgan fingerprint density at radius 3 is 2.58 bits per heavy atom. The molecule has 0 heterocycles. The monoisotopic (exact) mass is 323 g/mol. The summed E-state index contributed by atoms with van der Waals surface area (Å²) in [6, 6.07) is 12.8. The zero-order valence-corrected chi connectivity index (χ0v) is 13.6. The number of amides is 2. The summed E-state index contributed by atoms with van der Waals surface area (Å²) >= 11 is 0. The zero-order valence-electron chi connectivity index (χ0n) is 13.6. The molecule has 1 aliphatic carbocycles. The van der Waals surface area contributed by atoms with E-state index >= 15 is 0 Å². The molecular weight excluding hydrogens is 302 g/mol. The van der Waals surface area contributed by atoms with Gasteiger partial charge >= 0.3 is 0 Å². The zero-order chi connectivity index (χ0) is 17.1. The average molecular weight is 323 g/mol. The summed E-state index contributed by atoms with van der Waals surface area (Å²) in [6.07, 6.45) is 2.95. The van der Waals surface area contributed by atoms with Gasteiger partial charge in [-0.3, -0.25) is 9.59 Å². The molecule has 0 saturated heterocycles. The smallest absolute Gasteiger partial charge is 0.251 e. The van der Waals surface area contributed by atoms with E-state index in [0.29, 0.717) is 11.3 Å². The van der Waals surface area contributed by atoms with Crippen molar-refractivity contribution in [1.29, 1.82) is 0 Å². The first kappa shape index (κ1) is 16.1. The van der Waals surface area contributed by atoms with Crippen molar-refractivity contribution in [3.8, 4) is 0 Å². The van der Waals surface area contributed by atoms with E-state index in [2.05, 4.69) is 10.6 Å². The highest BCUT2D eigenvalue weighted by molar-refractivity contribution is 5.95. The number of nitrogens with one attached hydrogen (secondary N) is 2. The minimum Gasteiger partial charge on any atom is -0.399 e. The van der Waals surface area contributed by atoms with E-state index in [1.165, 1.54) is 12.5 Å². The van der Waals surface area contributed by atoms with Crippen LogP contribution in [0, 0.1) is 0 Å². The number of carbonyl (C=O) groups excluding carboxylic acids is 2. The van der Waals surface area contributed by atoms with Crippen molar-refractivity contribution < 1.29 is 9.59 Å². The van der Waals surface area contributed by atoms with Gasteiger partial charge in [0.1, 0.15) is 0 Å². The van der Waals surface area contributed by atoms with Crippen LogP contribution in [0.2, 0.25) is 0 Å². The maximum atomic E-state index is 12.5. The summed E-state index contributed by atoms with van der Waals surface area (Å²) in [5, 5.41) is 5.79. The van der Waals surface area contributed by atoms with Gasteiger partial charge in [0, 0.05) is 23.9 Å². The first-order chi connectivity index (χ1) is 11.5. The largest absolute Gasteiger partial charge is 0.399 e. The Balaban J connectivity index is 1.73. The molecule has 1 aliphatic rings. The minimum atomic E-state index is -0.134. The molecule has 24 heavy (non-hydrogen) atoms. The highest BCUT2D eigenvalue weighted by Crippen LogP contribution is 2.31. The van der Waals surface area contributed by atoms with Crippen molar-refractivity contribution in [2.24, 2.45) is 0 Å². The lowest BCUT2D eigenvalue weighted by molar-refractivity contribution is -0.114. The van der Waals surface area contributed by atoms with E-state index in [1.807, 2.05) is 18.2 Å². The molecule has 5 heteroatoms. The van der Waals surface area contributed by atoms with Gasteiger partial charge in [-0.2, -0.15) is 0 Å². The number of rotatable bonds is 3. The molecule has 1 atom stereocenters. The maximum Gasteiger partial charge on any atom is 0.251 e. The number of fused-ring (bicyclic) bond motifs is 1. The Bertz CT molecular complexity index is 769. The lowest BCUT2D eigenvalue weighted by Crippen LogP contribution is -2.31. The highest BCUT2D eigenvalue weighted by atomic mass is 16.2. The Morgan fingerprint density at radius 2 is 1.88 bits per heavy atom. The molecule has 0 bridgehead atoms. The number of nitrogen functional groups attached to an aromatic ring is 1. The van der Waals surface area contributed by atoms with E-state index < -0.39 is 0 Å². The summed E-state index contributed by atoms with van der Waals surface area (Å²) in [5.74, 6) is -0.246. The van der Waals surface area contributed by atoms with Gasteiger partial charge in [0.2, 0.25) is 5.91 Å². The van der Waals surface area contributed by atoms with Crippen LogP contribution in [0.5, 0.6) is 0 Å². The second kappa shape index (κ2) is 6.74. The van der Waals surface area contributed by atoms with Gasteiger partial charge in [-0.05, 0) is 66.8 Å². The Morgan fingerprint density at radius 1 is 1.12 bits per heavy atom. The SMILES string of the molecule is CC(=O)Nc1ccc(C(=O)NC2CCCc3cc(N)ccc32)cc1. The quantitative estimate of drug-likeness (QED) is 0.759. The Kier molecular flexibility index (Phi) is 4.51. The second-order valence-corrected chi connectivity index (χ2v) is 6.14. The summed E-state index contributed by atoms with van der Waals surface area (Å²) in [7, 11) is 0. The van der Waals surface area contributed by atoms with Crippen LogP contribution in [-0.4, -0.2) is 11.8 Å². The summed E-state index contributed by atoms with van der Waals surface area (Å²) in [4.78, 5) is 23.5. The van der Waals surface area contributed by atoms with Gasteiger partial charge in [0.15, 0.2) is 0 Å². The molecule has 3 rings (SSSR count). The third-order valence-corrected chi connectivity index (χ3v) is 4.25. The van der Waals surface area contributed by atoms with Gasteiger partial charge < -0.3 is 16.4 Å². The van der Waals surface area contributed by atoms with Crippen molar-refractivity contribution >= 4 is 23.2 Å². The number of hydrogen-bond donors (Lipinski definition) is 3. The molecule has 0 aromatic heterocycles. The van der Waals surface area contributed by atoms with E-state index in [-0.39, 0.29) is 17.9 Å². The predicted octanol–water partition coefficient (Wildman–Crippen LogP) is 3.03. The molecule has 2 aromatic carbocycles. The molecule has 0 spiro atoms. The second-order valence-electron chi connectivity index (χ2n) is 6.14. The van der Waals surface area contributed by atoms with E-state index in [9.17, 15) is 9.59 Å². The molecule has 0 fully saturated rings. The van der Waals surface area contributed by atoms with Crippen molar-refractivity contribution in [1.82, 2.24) is 5.32 Å². The van der Waals surface area contributed by atoms with Crippen molar-refractivity contribution in [3.05, 3.63) is 59.2 Å². The molecule has 124 valence electrons. The molecule has 5 nitrogen and oxygen atoms in total. The minimum absolute atomic E-state index is 0.0110. The van der Waals surface area contributed by atoms with Crippen LogP contribution >= 0.6 is 0 Å². The Labute approximate surface area is 141 Å². The van der Waals surface area contributed by atoms with E-state index in [0.717, 1.165) is 30.5 Å². The normalized spacial score (nSPS) is 16.1. The highest BCUT2D eigenvalue weighted by Gasteiger charge is 2.22. The van der Waals surface area contributed by atoms with E-state index in [4.69, 9.17) is 5.73 Å². The molecule has 1 unspecified atom stereocenters. The number of carbonyl (C=O) groups is 2. The van der Waals surface area contributed by atoms with Crippen LogP contribution in [0.4, 0.5) is 11.4 Å². The first-order valence-corrected chi connectivity index (χ1v) is 8.10. The van der Waals surface area contributed by atoms with Crippen LogP contribution in [0.25, 0.3) is 0 Å². The van der Waals surface area contributed by atoms with Crippen LogP contribution in [0.3, 0.4) is 0 Å². The molecule has 0 aliphatic heterocycles. The topological polar surface area (TPSA) is 84.2 Å². The van der Waals surface area contributed by atoms with Gasteiger partial charge in [-0.15, -0.1) is 0 Å². The van der Waals surface area contributed by atoms with E-state index in [1.54, 1.807) is 24.3 Å². The maximum absolute atomic E-state index is 12.5. The molecule has 4 N–H and O–H groups in total. The van der Waals surface area contributed by atoms with Crippen LogP contribution in [-0.2, 0) is 11.2 Å². The van der Waals surface area contributed by atoms with Crippen molar-refractivity contribution in [2.45, 2.75) is 32.2 Å². The fourth-order valence-corrected chi connectivity index (χ4v) is 3.13. The molecule has 2 aromatic rings. The summed E-state index contributed by atoms with van der Waals surface area (Å²) < 4.78 is 0. The number of nitrogens with two attached hydrogens (primary N) is 1. The summed E-state index contributed by atoms with van der Waals surface area (Å²) in [6.45, 7) is 1.45. The fourth-order valence-electron chi connectivity index (χ4n) is 3.13. The van der Waals surface area contributed by atoms with Gasteiger partial charge in [0.05, 0.1) is 6.04 Å². The third-order valence-electron chi connectivity index (χ3n) is 4.25. The van der Waals surface area contributed by atoms with Crippen LogP contribution in [0.1, 0.15) is 47.3 Å². The van der Waals surface area contributed by atoms with Crippen LogP contribution < -0.4 is 16.4 Å². The lowest BCUT2D eigenvalue weighted by Gasteiger charge is -2.26. The summed E-state index contributed by atoms with van der Waals surface area (Å²) in [5.41, 5.74) is 10.2. The van der Waals surface area contributed by atoms with Crippen molar-refractivity contribution in [2.75, 3.05) is 11.1 Å². The van der Waals surface area contributed by atoms with Crippen LogP contribution in [0.15, 0.2) is 42.5 Å². The predicted molar refractivity (Wildman–Crippen MR) is 94.7 cm³/mol. The number of hydrogen-bond acceptors (Lipinski definition) is 3. The molecule has 0 saturated carbocycles. The number of anilines is 2. The average Bonchev–Trinajstić information content (AvgIpc) is 2.55. The molecule has 0 radical (unpaired) electrons. The number of benzene rings is 2. The standard InChI is InChI=1S/C19H21N3O2/c1-12(23)21-16-8-5-13(6-9-16)19(24)22-18-4-2-3-14-11-15(20)7-10-17(14)18/h5-11,18H,2-4,20H2,1H3,(H,21,23)(H,22,24). The third kappa shape index (κ3) is 3.56. The van der Waals surface area contributed by atoms with Gasteiger partial charge in [-0.1, -0.05) is 6.07 Å². The molecular formula is C19H21N3O2. The van der Waals surface area contributed by atoms with Gasteiger partial charge in [0.25, 0.3) is 5.91 Å². The Hall–Kier alpha value is -2.82. The van der Waals surface area contributed by atoms with Crippen molar-refractivity contribution in [3.63, 3.8) is 0 Å². The first-order valence-electron chi connectivity index (χ1n) is 8.10. The molecule has 2 amide bonds. The lowest BCUT2D eigenvalue weighted by atomic mass is 9.87. The number of aryl methyl sites for hydroxylation is 1. The van der Waals surface area contributed by atoms with Gasteiger partial charge in [-0.25, -0.2) is 0 Å².